The largest absolute Gasteiger partial charge is 0.491 e. The van der Waals surface area contributed by atoms with Gasteiger partial charge >= 0.3 is 6.03 Å². The van der Waals surface area contributed by atoms with Gasteiger partial charge in [-0.15, -0.1) is 0 Å². The third-order valence-corrected chi connectivity index (χ3v) is 3.98. The van der Waals surface area contributed by atoms with Crippen molar-refractivity contribution in [2.75, 3.05) is 13.2 Å². The molecule has 0 radical (unpaired) electrons. The van der Waals surface area contributed by atoms with Crippen molar-refractivity contribution in [2.24, 2.45) is 5.92 Å². The molecule has 0 aromatic heterocycles. The number of rotatable bonds is 8. The first-order valence-electron chi connectivity index (χ1n) is 8.42. The van der Waals surface area contributed by atoms with Crippen LogP contribution in [0.5, 0.6) is 5.75 Å². The summed E-state index contributed by atoms with van der Waals surface area (Å²) >= 11 is 0. The quantitative estimate of drug-likeness (QED) is 0.712. The van der Waals surface area contributed by atoms with Crippen LogP contribution in [0.1, 0.15) is 32.8 Å². The number of carbonyl (C=O) groups is 2. The minimum atomic E-state index is -0.927. The van der Waals surface area contributed by atoms with E-state index in [4.69, 9.17) is 4.74 Å². The number of aryl methyl sites for hydroxylation is 1. The maximum absolute atomic E-state index is 12.2. The van der Waals surface area contributed by atoms with E-state index in [1.807, 2.05) is 38.1 Å². The third kappa shape index (κ3) is 4.71. The van der Waals surface area contributed by atoms with Crippen LogP contribution in [0.4, 0.5) is 4.79 Å². The van der Waals surface area contributed by atoms with Gasteiger partial charge in [-0.25, -0.2) is 4.79 Å². The zero-order valence-corrected chi connectivity index (χ0v) is 14.5. The second kappa shape index (κ2) is 8.15. The van der Waals surface area contributed by atoms with Crippen molar-refractivity contribution in [1.29, 1.82) is 0 Å². The van der Waals surface area contributed by atoms with Crippen molar-refractivity contribution in [2.45, 2.75) is 45.8 Å². The van der Waals surface area contributed by atoms with E-state index < -0.39 is 18.2 Å². The molecule has 132 valence electrons. The summed E-state index contributed by atoms with van der Waals surface area (Å²) in [6, 6.07) is 6.69. The van der Waals surface area contributed by atoms with Crippen LogP contribution in [0.25, 0.3) is 0 Å². The number of urea groups is 1. The van der Waals surface area contributed by atoms with E-state index in [-0.39, 0.29) is 19.1 Å². The Morgan fingerprint density at radius 1 is 1.25 bits per heavy atom. The van der Waals surface area contributed by atoms with Crippen molar-refractivity contribution in [3.8, 4) is 5.75 Å². The fourth-order valence-corrected chi connectivity index (χ4v) is 2.66. The predicted octanol–water partition coefficient (Wildman–Crippen LogP) is 1.96. The van der Waals surface area contributed by atoms with Crippen molar-refractivity contribution >= 4 is 11.9 Å². The maximum atomic E-state index is 12.2. The zero-order valence-electron chi connectivity index (χ0n) is 14.5. The summed E-state index contributed by atoms with van der Waals surface area (Å²) in [5, 5.41) is 12.7. The molecule has 2 unspecified atom stereocenters. The Labute approximate surface area is 142 Å². The Balaban J connectivity index is 1.83. The topological polar surface area (TPSA) is 78.9 Å². The molecule has 0 bridgehead atoms. The Bertz CT molecular complexity index is 571. The predicted molar refractivity (Wildman–Crippen MR) is 90.8 cm³/mol. The van der Waals surface area contributed by atoms with E-state index in [2.05, 4.69) is 12.2 Å². The highest BCUT2D eigenvalue weighted by Gasteiger charge is 2.38. The zero-order chi connectivity index (χ0) is 17.7. The van der Waals surface area contributed by atoms with Crippen LogP contribution in [0, 0.1) is 5.92 Å². The first-order chi connectivity index (χ1) is 11.4. The van der Waals surface area contributed by atoms with E-state index >= 15 is 0 Å². The number of ether oxygens (including phenoxy) is 1. The Morgan fingerprint density at radius 2 is 1.92 bits per heavy atom. The number of nitrogens with one attached hydrogen (secondary N) is 1. The van der Waals surface area contributed by atoms with E-state index in [1.165, 1.54) is 5.56 Å². The molecule has 1 saturated heterocycles. The lowest BCUT2D eigenvalue weighted by atomic mass is 10.0. The van der Waals surface area contributed by atoms with Gasteiger partial charge in [-0.3, -0.25) is 9.69 Å². The molecule has 2 N–H and O–H groups in total. The van der Waals surface area contributed by atoms with Gasteiger partial charge < -0.3 is 15.2 Å². The average molecular weight is 334 g/mol. The lowest BCUT2D eigenvalue weighted by molar-refractivity contribution is -0.128. The van der Waals surface area contributed by atoms with Crippen molar-refractivity contribution in [3.05, 3.63) is 29.8 Å². The van der Waals surface area contributed by atoms with Crippen molar-refractivity contribution in [1.82, 2.24) is 10.2 Å². The normalized spacial score (nSPS) is 18.9. The molecular formula is C18H26N2O4. The van der Waals surface area contributed by atoms with Gasteiger partial charge in [0.1, 0.15) is 24.5 Å². The van der Waals surface area contributed by atoms with Gasteiger partial charge in [0, 0.05) is 0 Å². The van der Waals surface area contributed by atoms with Gasteiger partial charge in [0.15, 0.2) is 0 Å². The molecule has 0 spiro atoms. The summed E-state index contributed by atoms with van der Waals surface area (Å²) in [4.78, 5) is 25.2. The SMILES string of the molecule is CCc1ccc(OCC(O)CN2C(=O)NC(CC(C)C)C2=O)cc1. The highest BCUT2D eigenvalue weighted by molar-refractivity contribution is 6.04. The van der Waals surface area contributed by atoms with Crippen LogP contribution >= 0.6 is 0 Å². The Kier molecular flexibility index (Phi) is 6.20. The molecule has 24 heavy (non-hydrogen) atoms. The van der Waals surface area contributed by atoms with Gasteiger partial charge in [-0.2, -0.15) is 0 Å². The number of imide groups is 1. The molecule has 1 aliphatic heterocycles. The van der Waals surface area contributed by atoms with Crippen LogP contribution in [0.3, 0.4) is 0 Å². The van der Waals surface area contributed by atoms with Gasteiger partial charge in [0.2, 0.25) is 0 Å². The molecule has 6 heteroatoms. The molecule has 2 rings (SSSR count). The molecule has 6 nitrogen and oxygen atoms in total. The van der Waals surface area contributed by atoms with Crippen LogP contribution in [0.2, 0.25) is 0 Å². The second-order valence-corrected chi connectivity index (χ2v) is 6.54. The number of benzene rings is 1. The molecule has 2 atom stereocenters. The van der Waals surface area contributed by atoms with Crippen LogP contribution in [0.15, 0.2) is 24.3 Å². The second-order valence-electron chi connectivity index (χ2n) is 6.54. The van der Waals surface area contributed by atoms with E-state index in [0.29, 0.717) is 18.1 Å². The molecule has 1 aromatic rings. The summed E-state index contributed by atoms with van der Waals surface area (Å²) in [6.45, 7) is 6.02. The number of aliphatic hydroxyl groups excluding tert-OH is 1. The molecule has 0 saturated carbocycles. The maximum Gasteiger partial charge on any atom is 0.324 e. The van der Waals surface area contributed by atoms with E-state index in [1.54, 1.807) is 0 Å². The summed E-state index contributed by atoms with van der Waals surface area (Å²) in [5.41, 5.74) is 1.21. The summed E-state index contributed by atoms with van der Waals surface area (Å²) < 4.78 is 5.52. The van der Waals surface area contributed by atoms with Crippen LogP contribution in [-0.4, -0.2) is 47.2 Å². The van der Waals surface area contributed by atoms with Crippen molar-refractivity contribution in [3.63, 3.8) is 0 Å². The fraction of sp³-hybridized carbons (Fsp3) is 0.556. The minimum Gasteiger partial charge on any atom is -0.491 e. The Hall–Kier alpha value is -2.08. The molecule has 0 aliphatic carbocycles. The monoisotopic (exact) mass is 334 g/mol. The molecule has 1 aromatic carbocycles. The number of aliphatic hydroxyl groups is 1. The molecular weight excluding hydrogens is 308 g/mol. The van der Waals surface area contributed by atoms with Crippen LogP contribution < -0.4 is 10.1 Å². The van der Waals surface area contributed by atoms with Crippen LogP contribution in [-0.2, 0) is 11.2 Å². The van der Waals surface area contributed by atoms with Gasteiger partial charge in [0.25, 0.3) is 5.91 Å². The first kappa shape index (κ1) is 18.3. The van der Waals surface area contributed by atoms with E-state index in [0.717, 1.165) is 11.3 Å². The first-order valence-corrected chi connectivity index (χ1v) is 8.42. The Morgan fingerprint density at radius 3 is 2.50 bits per heavy atom. The van der Waals surface area contributed by atoms with Gasteiger partial charge in [-0.05, 0) is 36.5 Å². The van der Waals surface area contributed by atoms with Gasteiger partial charge in [-0.1, -0.05) is 32.9 Å². The van der Waals surface area contributed by atoms with E-state index in [9.17, 15) is 14.7 Å². The summed E-state index contributed by atoms with van der Waals surface area (Å²) in [5.74, 6) is 0.680. The number of β-amino-alcohol motifs (C(OH)–C–C–N with tert-alkyl or cyclic N) is 1. The highest BCUT2D eigenvalue weighted by Crippen LogP contribution is 2.16. The third-order valence-electron chi connectivity index (χ3n) is 3.98. The fourth-order valence-electron chi connectivity index (χ4n) is 2.66. The number of nitrogens with zero attached hydrogens (tertiary/aromatic N) is 1. The standard InChI is InChI=1S/C18H26N2O4/c1-4-13-5-7-15(8-6-13)24-11-14(21)10-20-17(22)16(9-12(2)3)19-18(20)23/h5-8,12,14,16,21H,4,9-11H2,1-3H3,(H,19,23). The lowest BCUT2D eigenvalue weighted by Crippen LogP contribution is -2.40. The highest BCUT2D eigenvalue weighted by atomic mass is 16.5. The molecule has 1 aliphatic rings. The minimum absolute atomic E-state index is 0.0252. The number of hydrogen-bond donors (Lipinski definition) is 2. The number of hydrogen-bond acceptors (Lipinski definition) is 4. The smallest absolute Gasteiger partial charge is 0.324 e. The number of carbonyl (C=O) groups excluding carboxylic acids is 2. The number of amides is 3. The lowest BCUT2D eigenvalue weighted by Gasteiger charge is -2.18. The molecule has 1 fully saturated rings. The average Bonchev–Trinajstić information content (AvgIpc) is 2.80. The van der Waals surface area contributed by atoms with Gasteiger partial charge in [0.05, 0.1) is 6.54 Å². The summed E-state index contributed by atoms with van der Waals surface area (Å²) in [7, 11) is 0. The molecule has 1 heterocycles. The van der Waals surface area contributed by atoms with Crippen molar-refractivity contribution < 1.29 is 19.4 Å². The molecule has 3 amide bonds. The summed E-state index contributed by atoms with van der Waals surface area (Å²) in [6.07, 6.45) is 0.618.